The lowest BCUT2D eigenvalue weighted by Crippen LogP contribution is -2.50. The summed E-state index contributed by atoms with van der Waals surface area (Å²) < 4.78 is 13.2. The lowest BCUT2D eigenvalue weighted by Gasteiger charge is -2.40. The van der Waals surface area contributed by atoms with Crippen LogP contribution >= 0.6 is 11.6 Å². The number of nitrogens with zero attached hydrogens (tertiary/aromatic N) is 2. The monoisotopic (exact) mass is 316 g/mol. The number of aryl methyl sites for hydroxylation is 2. The minimum atomic E-state index is -0.611. The predicted octanol–water partition coefficient (Wildman–Crippen LogP) is 2.35. The zero-order valence-corrected chi connectivity index (χ0v) is 13.8. The van der Waals surface area contributed by atoms with Gasteiger partial charge in [-0.05, 0) is 20.8 Å². The number of halogens is 1. The van der Waals surface area contributed by atoms with Gasteiger partial charge in [0.2, 0.25) is 0 Å². The maximum atomic E-state index is 10.8. The fourth-order valence-corrected chi connectivity index (χ4v) is 3.22. The van der Waals surface area contributed by atoms with Crippen molar-refractivity contribution in [2.45, 2.75) is 58.3 Å². The molecule has 1 aliphatic rings. The molecule has 1 aromatic heterocycles. The topological polar surface area (TPSA) is 56.5 Å². The molecule has 1 N–H and O–H groups in total. The van der Waals surface area contributed by atoms with E-state index in [-0.39, 0.29) is 0 Å². The van der Waals surface area contributed by atoms with Gasteiger partial charge in [-0.1, -0.05) is 11.6 Å². The number of rotatable bonds is 6. The SMILES string of the molecule is CCOC1(C(O)Cc2c(Cl)c(C)nn2CC)CCOCC1. The normalized spacial score (nSPS) is 19.7. The van der Waals surface area contributed by atoms with Gasteiger partial charge in [0, 0.05) is 45.6 Å². The van der Waals surface area contributed by atoms with Gasteiger partial charge < -0.3 is 14.6 Å². The first-order valence-electron chi connectivity index (χ1n) is 7.65. The molecular weight excluding hydrogens is 292 g/mol. The molecule has 5 nitrogen and oxygen atoms in total. The van der Waals surface area contributed by atoms with E-state index in [0.717, 1.165) is 17.9 Å². The van der Waals surface area contributed by atoms with Crippen LogP contribution in [0.4, 0.5) is 0 Å². The van der Waals surface area contributed by atoms with Crippen LogP contribution in [-0.4, -0.2) is 46.4 Å². The van der Waals surface area contributed by atoms with Gasteiger partial charge in [0.25, 0.3) is 0 Å². The maximum absolute atomic E-state index is 10.8. The highest BCUT2D eigenvalue weighted by Crippen LogP contribution is 2.32. The van der Waals surface area contributed by atoms with Crippen LogP contribution in [0.15, 0.2) is 0 Å². The predicted molar refractivity (Wildman–Crippen MR) is 81.8 cm³/mol. The van der Waals surface area contributed by atoms with Crippen molar-refractivity contribution in [2.24, 2.45) is 0 Å². The first-order chi connectivity index (χ1) is 10.0. The van der Waals surface area contributed by atoms with Crippen molar-refractivity contribution in [2.75, 3.05) is 19.8 Å². The molecule has 2 heterocycles. The standard InChI is InChI=1S/C15H25ClN2O3/c1-4-18-12(14(16)11(3)17-18)10-13(19)15(21-5-2)6-8-20-9-7-15/h13,19H,4-10H2,1-3H3. The lowest BCUT2D eigenvalue weighted by atomic mass is 9.85. The molecule has 0 saturated carbocycles. The van der Waals surface area contributed by atoms with Crippen molar-refractivity contribution in [1.29, 1.82) is 0 Å². The molecular formula is C15H25ClN2O3. The Hall–Kier alpha value is -0.620. The molecule has 1 aromatic rings. The molecule has 0 amide bonds. The van der Waals surface area contributed by atoms with Crippen molar-refractivity contribution >= 4 is 11.6 Å². The van der Waals surface area contributed by atoms with E-state index in [1.54, 1.807) is 0 Å². The minimum absolute atomic E-state index is 0.452. The molecule has 0 bridgehead atoms. The summed E-state index contributed by atoms with van der Waals surface area (Å²) in [6.07, 6.45) is 1.26. The van der Waals surface area contributed by atoms with Crippen molar-refractivity contribution < 1.29 is 14.6 Å². The molecule has 1 fully saturated rings. The summed E-state index contributed by atoms with van der Waals surface area (Å²) in [4.78, 5) is 0. The van der Waals surface area contributed by atoms with Gasteiger partial charge >= 0.3 is 0 Å². The Kier molecular flexibility index (Phi) is 5.66. The average molecular weight is 317 g/mol. The third-order valence-electron chi connectivity index (χ3n) is 4.22. The molecule has 1 saturated heterocycles. The number of aliphatic hydroxyl groups is 1. The summed E-state index contributed by atoms with van der Waals surface area (Å²) in [7, 11) is 0. The molecule has 0 radical (unpaired) electrons. The van der Waals surface area contributed by atoms with E-state index in [1.807, 2.05) is 25.5 Å². The highest BCUT2D eigenvalue weighted by atomic mass is 35.5. The lowest BCUT2D eigenvalue weighted by molar-refractivity contribution is -0.165. The summed E-state index contributed by atoms with van der Waals surface area (Å²) >= 11 is 6.34. The number of ether oxygens (including phenoxy) is 2. The second-order valence-electron chi connectivity index (χ2n) is 5.49. The quantitative estimate of drug-likeness (QED) is 0.875. The van der Waals surface area contributed by atoms with Gasteiger partial charge in [0.15, 0.2) is 0 Å². The average Bonchev–Trinajstić information content (AvgIpc) is 2.76. The van der Waals surface area contributed by atoms with Crippen LogP contribution in [0.1, 0.15) is 38.1 Å². The van der Waals surface area contributed by atoms with Crippen molar-refractivity contribution in [3.05, 3.63) is 16.4 Å². The molecule has 1 aliphatic heterocycles. The highest BCUT2D eigenvalue weighted by Gasteiger charge is 2.41. The molecule has 1 unspecified atom stereocenters. The Morgan fingerprint density at radius 3 is 2.67 bits per heavy atom. The van der Waals surface area contributed by atoms with Crippen LogP contribution < -0.4 is 0 Å². The molecule has 2 rings (SSSR count). The first kappa shape index (κ1) is 16.7. The van der Waals surface area contributed by atoms with Crippen LogP contribution in [-0.2, 0) is 22.4 Å². The fourth-order valence-electron chi connectivity index (χ4n) is 3.01. The summed E-state index contributed by atoms with van der Waals surface area (Å²) in [6.45, 7) is 8.42. The van der Waals surface area contributed by atoms with E-state index in [0.29, 0.717) is 44.1 Å². The smallest absolute Gasteiger partial charge is 0.0987 e. The van der Waals surface area contributed by atoms with Crippen molar-refractivity contribution in [3.63, 3.8) is 0 Å². The third kappa shape index (κ3) is 3.42. The van der Waals surface area contributed by atoms with E-state index < -0.39 is 11.7 Å². The van der Waals surface area contributed by atoms with E-state index in [9.17, 15) is 5.11 Å². The zero-order chi connectivity index (χ0) is 15.5. The van der Waals surface area contributed by atoms with E-state index in [4.69, 9.17) is 21.1 Å². The molecule has 120 valence electrons. The summed E-state index contributed by atoms with van der Waals surface area (Å²) in [5.74, 6) is 0. The van der Waals surface area contributed by atoms with Crippen LogP contribution in [0.5, 0.6) is 0 Å². The fraction of sp³-hybridized carbons (Fsp3) is 0.800. The van der Waals surface area contributed by atoms with Crippen LogP contribution in [0, 0.1) is 6.92 Å². The Morgan fingerprint density at radius 2 is 2.10 bits per heavy atom. The van der Waals surface area contributed by atoms with Crippen LogP contribution in [0.25, 0.3) is 0 Å². The van der Waals surface area contributed by atoms with Crippen molar-refractivity contribution in [3.8, 4) is 0 Å². The molecule has 0 aliphatic carbocycles. The summed E-state index contributed by atoms with van der Waals surface area (Å²) in [5, 5.41) is 15.8. The summed E-state index contributed by atoms with van der Waals surface area (Å²) in [5.41, 5.74) is 1.15. The second kappa shape index (κ2) is 7.09. The molecule has 1 atom stereocenters. The van der Waals surface area contributed by atoms with Gasteiger partial charge in [0.05, 0.1) is 28.1 Å². The van der Waals surface area contributed by atoms with Crippen LogP contribution in [0.3, 0.4) is 0 Å². The number of aliphatic hydroxyl groups excluding tert-OH is 1. The number of hydrogen-bond donors (Lipinski definition) is 1. The second-order valence-corrected chi connectivity index (χ2v) is 5.87. The zero-order valence-electron chi connectivity index (χ0n) is 13.1. The Bertz CT molecular complexity index is 464. The third-order valence-corrected chi connectivity index (χ3v) is 4.71. The Morgan fingerprint density at radius 1 is 1.43 bits per heavy atom. The van der Waals surface area contributed by atoms with Gasteiger partial charge in [-0.2, -0.15) is 5.10 Å². The molecule has 0 spiro atoms. The largest absolute Gasteiger partial charge is 0.390 e. The maximum Gasteiger partial charge on any atom is 0.0987 e. The number of hydrogen-bond acceptors (Lipinski definition) is 4. The molecule has 21 heavy (non-hydrogen) atoms. The van der Waals surface area contributed by atoms with E-state index in [1.165, 1.54) is 0 Å². The van der Waals surface area contributed by atoms with E-state index in [2.05, 4.69) is 5.10 Å². The molecule has 0 aromatic carbocycles. The van der Waals surface area contributed by atoms with Gasteiger partial charge in [0.1, 0.15) is 0 Å². The van der Waals surface area contributed by atoms with Gasteiger partial charge in [-0.3, -0.25) is 4.68 Å². The molecule has 6 heteroatoms. The summed E-state index contributed by atoms with van der Waals surface area (Å²) in [6, 6.07) is 0. The van der Waals surface area contributed by atoms with Crippen LogP contribution in [0.2, 0.25) is 5.02 Å². The first-order valence-corrected chi connectivity index (χ1v) is 8.03. The van der Waals surface area contributed by atoms with E-state index >= 15 is 0 Å². The van der Waals surface area contributed by atoms with Gasteiger partial charge in [-0.15, -0.1) is 0 Å². The number of aromatic nitrogens is 2. The van der Waals surface area contributed by atoms with Crippen molar-refractivity contribution in [1.82, 2.24) is 9.78 Å². The Labute approximate surface area is 131 Å². The highest BCUT2D eigenvalue weighted by molar-refractivity contribution is 6.31. The Balaban J connectivity index is 2.20. The minimum Gasteiger partial charge on any atom is -0.390 e. The van der Waals surface area contributed by atoms with Gasteiger partial charge in [-0.25, -0.2) is 0 Å².